The largest absolute Gasteiger partial charge is 0.366 e. The van der Waals surface area contributed by atoms with Gasteiger partial charge in [0.25, 0.3) is 5.91 Å². The van der Waals surface area contributed by atoms with Gasteiger partial charge in [-0.05, 0) is 57.9 Å². The molecule has 1 aromatic carbocycles. The Morgan fingerprint density at radius 3 is 2.54 bits per heavy atom. The van der Waals surface area contributed by atoms with Gasteiger partial charge in [0, 0.05) is 29.6 Å². The highest BCUT2D eigenvalue weighted by atomic mass is 79.9. The molecule has 120 valence electrons. The van der Waals surface area contributed by atoms with Gasteiger partial charge in [-0.3, -0.25) is 9.78 Å². The number of carbonyl (C=O) groups is 1. The van der Waals surface area contributed by atoms with Gasteiger partial charge in [0.1, 0.15) is 5.82 Å². The molecule has 0 bridgehead atoms. The first-order chi connectivity index (χ1) is 11.7. The van der Waals surface area contributed by atoms with E-state index in [0.717, 1.165) is 15.7 Å². The van der Waals surface area contributed by atoms with Crippen molar-refractivity contribution in [1.29, 1.82) is 0 Å². The Kier molecular flexibility index (Phi) is 5.18. The predicted molar refractivity (Wildman–Crippen MR) is 97.9 cm³/mol. The Bertz CT molecular complexity index is 822. The number of amides is 1. The van der Waals surface area contributed by atoms with E-state index in [2.05, 4.69) is 36.5 Å². The van der Waals surface area contributed by atoms with E-state index in [1.165, 1.54) is 0 Å². The van der Waals surface area contributed by atoms with Crippen LogP contribution in [-0.4, -0.2) is 15.9 Å². The van der Waals surface area contributed by atoms with Gasteiger partial charge in [0.2, 0.25) is 0 Å². The average molecular weight is 383 g/mol. The van der Waals surface area contributed by atoms with Crippen LogP contribution in [0, 0.1) is 0 Å². The maximum Gasteiger partial charge on any atom is 0.257 e. The molecule has 1 amide bonds. The van der Waals surface area contributed by atoms with Crippen LogP contribution < -0.4 is 10.6 Å². The van der Waals surface area contributed by atoms with Crippen molar-refractivity contribution in [3.8, 4) is 0 Å². The lowest BCUT2D eigenvalue weighted by Crippen LogP contribution is -2.13. The normalized spacial score (nSPS) is 10.2. The van der Waals surface area contributed by atoms with Crippen LogP contribution in [0.5, 0.6) is 0 Å². The summed E-state index contributed by atoms with van der Waals surface area (Å²) < 4.78 is 0.835. The summed E-state index contributed by atoms with van der Waals surface area (Å²) >= 11 is 3.41. The van der Waals surface area contributed by atoms with Gasteiger partial charge in [-0.15, -0.1) is 0 Å². The molecule has 2 N–H and O–H groups in total. The maximum atomic E-state index is 12.3. The fourth-order valence-electron chi connectivity index (χ4n) is 2.08. The molecule has 0 saturated heterocycles. The first kappa shape index (κ1) is 16.1. The van der Waals surface area contributed by atoms with E-state index in [4.69, 9.17) is 0 Å². The Hall–Kier alpha value is -2.73. The molecule has 0 aliphatic rings. The van der Waals surface area contributed by atoms with E-state index in [1.54, 1.807) is 30.7 Å². The van der Waals surface area contributed by atoms with Crippen molar-refractivity contribution in [2.45, 2.75) is 6.54 Å². The van der Waals surface area contributed by atoms with Gasteiger partial charge < -0.3 is 10.6 Å². The van der Waals surface area contributed by atoms with E-state index in [9.17, 15) is 4.79 Å². The minimum Gasteiger partial charge on any atom is -0.366 e. The predicted octanol–water partition coefficient (Wildman–Crippen LogP) is 4.10. The third-order valence-corrected chi connectivity index (χ3v) is 4.06. The molecule has 0 radical (unpaired) electrons. The quantitative estimate of drug-likeness (QED) is 0.696. The standard InChI is InChI=1S/C18H15BrN4O/c19-15-3-1-2-4-16(15)23-18(24)14-5-6-17(22-12-14)21-11-13-7-9-20-10-8-13/h1-10,12H,11H2,(H,21,22)(H,23,24). The molecular formula is C18H15BrN4O. The van der Waals surface area contributed by atoms with Crippen LogP contribution in [0.1, 0.15) is 15.9 Å². The monoisotopic (exact) mass is 382 g/mol. The lowest BCUT2D eigenvalue weighted by atomic mass is 10.2. The third-order valence-electron chi connectivity index (χ3n) is 3.37. The third kappa shape index (κ3) is 4.17. The number of hydrogen-bond donors (Lipinski definition) is 2. The van der Waals surface area contributed by atoms with Crippen LogP contribution in [0.3, 0.4) is 0 Å². The van der Waals surface area contributed by atoms with Crippen LogP contribution in [-0.2, 0) is 6.54 Å². The van der Waals surface area contributed by atoms with E-state index in [1.807, 2.05) is 36.4 Å². The van der Waals surface area contributed by atoms with Crippen molar-refractivity contribution in [3.63, 3.8) is 0 Å². The minimum atomic E-state index is -0.199. The first-order valence-electron chi connectivity index (χ1n) is 7.37. The molecule has 0 aliphatic carbocycles. The van der Waals surface area contributed by atoms with E-state index < -0.39 is 0 Å². The average Bonchev–Trinajstić information content (AvgIpc) is 2.63. The number of rotatable bonds is 5. The van der Waals surface area contributed by atoms with Crippen molar-refractivity contribution in [3.05, 3.63) is 82.7 Å². The second kappa shape index (κ2) is 7.70. The summed E-state index contributed by atoms with van der Waals surface area (Å²) in [5.41, 5.74) is 2.34. The molecule has 6 heteroatoms. The molecule has 0 aliphatic heterocycles. The Labute approximate surface area is 148 Å². The van der Waals surface area contributed by atoms with Crippen LogP contribution in [0.4, 0.5) is 11.5 Å². The zero-order chi connectivity index (χ0) is 16.8. The molecular weight excluding hydrogens is 368 g/mol. The van der Waals surface area contributed by atoms with E-state index in [0.29, 0.717) is 17.9 Å². The Morgan fingerprint density at radius 2 is 1.83 bits per heavy atom. The van der Waals surface area contributed by atoms with Gasteiger partial charge in [-0.25, -0.2) is 4.98 Å². The van der Waals surface area contributed by atoms with Crippen molar-refractivity contribution in [2.75, 3.05) is 10.6 Å². The fourth-order valence-corrected chi connectivity index (χ4v) is 2.47. The molecule has 3 rings (SSSR count). The fraction of sp³-hybridized carbons (Fsp3) is 0.0556. The van der Waals surface area contributed by atoms with Gasteiger partial charge in [-0.2, -0.15) is 0 Å². The van der Waals surface area contributed by atoms with Crippen LogP contribution in [0.2, 0.25) is 0 Å². The number of aromatic nitrogens is 2. The summed E-state index contributed by atoms with van der Waals surface area (Å²) in [4.78, 5) is 20.5. The van der Waals surface area contributed by atoms with Crippen LogP contribution >= 0.6 is 15.9 Å². The first-order valence-corrected chi connectivity index (χ1v) is 8.16. The summed E-state index contributed by atoms with van der Waals surface area (Å²) in [5.74, 6) is 0.513. The number of para-hydroxylation sites is 1. The number of carbonyl (C=O) groups excluding carboxylic acids is 1. The molecule has 2 aromatic heterocycles. The van der Waals surface area contributed by atoms with Gasteiger partial charge >= 0.3 is 0 Å². The zero-order valence-corrected chi connectivity index (χ0v) is 14.3. The van der Waals surface area contributed by atoms with Gasteiger partial charge in [0.05, 0.1) is 11.3 Å². The summed E-state index contributed by atoms with van der Waals surface area (Å²) in [6.07, 6.45) is 5.06. The number of benzene rings is 1. The lowest BCUT2D eigenvalue weighted by molar-refractivity contribution is 0.102. The molecule has 3 aromatic rings. The maximum absolute atomic E-state index is 12.3. The molecule has 24 heavy (non-hydrogen) atoms. The van der Waals surface area contributed by atoms with Crippen LogP contribution in [0.15, 0.2) is 71.6 Å². The van der Waals surface area contributed by atoms with E-state index in [-0.39, 0.29) is 5.91 Å². The van der Waals surface area contributed by atoms with E-state index >= 15 is 0 Å². The smallest absolute Gasteiger partial charge is 0.257 e. The highest BCUT2D eigenvalue weighted by Gasteiger charge is 2.08. The Balaban J connectivity index is 1.61. The van der Waals surface area contributed by atoms with Crippen molar-refractivity contribution < 1.29 is 4.79 Å². The number of hydrogen-bond acceptors (Lipinski definition) is 4. The van der Waals surface area contributed by atoms with Crippen LogP contribution in [0.25, 0.3) is 0 Å². The van der Waals surface area contributed by atoms with Crippen molar-refractivity contribution >= 4 is 33.3 Å². The number of anilines is 2. The second-order valence-electron chi connectivity index (χ2n) is 5.08. The summed E-state index contributed by atoms with van der Waals surface area (Å²) in [6, 6.07) is 14.9. The molecule has 5 nitrogen and oxygen atoms in total. The molecule has 2 heterocycles. The minimum absolute atomic E-state index is 0.199. The molecule has 0 spiro atoms. The zero-order valence-electron chi connectivity index (χ0n) is 12.7. The topological polar surface area (TPSA) is 66.9 Å². The summed E-state index contributed by atoms with van der Waals surface area (Å²) in [5, 5.41) is 6.06. The van der Waals surface area contributed by atoms with Gasteiger partial charge in [0.15, 0.2) is 0 Å². The number of pyridine rings is 2. The number of halogens is 1. The number of nitrogens with zero attached hydrogens (tertiary/aromatic N) is 2. The highest BCUT2D eigenvalue weighted by Crippen LogP contribution is 2.21. The SMILES string of the molecule is O=C(Nc1ccccc1Br)c1ccc(NCc2ccncc2)nc1. The lowest BCUT2D eigenvalue weighted by Gasteiger charge is -2.08. The second-order valence-corrected chi connectivity index (χ2v) is 5.93. The highest BCUT2D eigenvalue weighted by molar-refractivity contribution is 9.10. The molecule has 0 atom stereocenters. The van der Waals surface area contributed by atoms with Crippen molar-refractivity contribution in [2.24, 2.45) is 0 Å². The molecule has 0 saturated carbocycles. The van der Waals surface area contributed by atoms with Gasteiger partial charge in [-0.1, -0.05) is 12.1 Å². The molecule has 0 unspecified atom stereocenters. The summed E-state index contributed by atoms with van der Waals surface area (Å²) in [6.45, 7) is 0.651. The Morgan fingerprint density at radius 1 is 1.04 bits per heavy atom. The van der Waals surface area contributed by atoms with Crippen molar-refractivity contribution in [1.82, 2.24) is 9.97 Å². The molecule has 0 fully saturated rings. The summed E-state index contributed by atoms with van der Waals surface area (Å²) in [7, 11) is 0. The number of nitrogens with one attached hydrogen (secondary N) is 2.